The first-order valence-electron chi connectivity index (χ1n) is 14.6. The summed E-state index contributed by atoms with van der Waals surface area (Å²) in [5.74, 6) is -0.0584. The lowest BCUT2D eigenvalue weighted by atomic mass is 10.1. The van der Waals surface area contributed by atoms with Crippen LogP contribution >= 0.6 is 0 Å². The SMILES string of the molecule is CCC.CCCn1c(=O)c2cc(C)ccc2n(CCC)c1=O.CNc1ccc(C)cc1C(=O)NCc1ccccc1. The summed E-state index contributed by atoms with van der Waals surface area (Å²) in [7, 11) is 1.82. The van der Waals surface area contributed by atoms with Crippen molar-refractivity contribution in [3.8, 4) is 0 Å². The molecule has 41 heavy (non-hydrogen) atoms. The lowest BCUT2D eigenvalue weighted by Crippen LogP contribution is -2.40. The fraction of sp³-hybridized carbons (Fsp3) is 0.382. The van der Waals surface area contributed by atoms with E-state index in [4.69, 9.17) is 0 Å². The van der Waals surface area contributed by atoms with Crippen LogP contribution in [0.1, 0.15) is 74.0 Å². The number of carbonyl (C=O) groups is 1. The van der Waals surface area contributed by atoms with Gasteiger partial charge in [-0.2, -0.15) is 0 Å². The number of benzene rings is 3. The molecule has 4 aromatic rings. The van der Waals surface area contributed by atoms with Crippen LogP contribution in [-0.4, -0.2) is 22.1 Å². The van der Waals surface area contributed by atoms with Crippen molar-refractivity contribution in [3.63, 3.8) is 0 Å². The van der Waals surface area contributed by atoms with Crippen LogP contribution in [0, 0.1) is 13.8 Å². The molecule has 0 aliphatic rings. The van der Waals surface area contributed by atoms with Gasteiger partial charge < -0.3 is 10.6 Å². The second-order valence-electron chi connectivity index (χ2n) is 10.1. The summed E-state index contributed by atoms with van der Waals surface area (Å²) in [4.78, 5) is 37.0. The smallest absolute Gasteiger partial charge is 0.331 e. The highest BCUT2D eigenvalue weighted by molar-refractivity contribution is 5.99. The lowest BCUT2D eigenvalue weighted by molar-refractivity contribution is 0.0951. The van der Waals surface area contributed by atoms with Crippen molar-refractivity contribution in [3.05, 3.63) is 110 Å². The molecule has 0 fully saturated rings. The topological polar surface area (TPSA) is 85.1 Å². The number of rotatable bonds is 8. The van der Waals surface area contributed by atoms with E-state index >= 15 is 0 Å². The summed E-state index contributed by atoms with van der Waals surface area (Å²) in [5.41, 5.74) is 5.11. The van der Waals surface area contributed by atoms with Crippen molar-refractivity contribution >= 4 is 22.5 Å². The number of aromatic nitrogens is 2. The van der Waals surface area contributed by atoms with Crippen LogP contribution in [0.4, 0.5) is 5.69 Å². The van der Waals surface area contributed by atoms with Crippen molar-refractivity contribution in [2.24, 2.45) is 0 Å². The first-order valence-corrected chi connectivity index (χ1v) is 14.6. The van der Waals surface area contributed by atoms with Crippen molar-refractivity contribution in [2.75, 3.05) is 12.4 Å². The van der Waals surface area contributed by atoms with Crippen molar-refractivity contribution in [2.45, 2.75) is 80.4 Å². The summed E-state index contributed by atoms with van der Waals surface area (Å²) in [6.45, 7) is 13.8. The van der Waals surface area contributed by atoms with E-state index in [1.807, 2.05) is 101 Å². The maximum atomic E-state index is 12.4. The molecule has 0 bridgehead atoms. The Labute approximate surface area is 244 Å². The van der Waals surface area contributed by atoms with Gasteiger partial charge in [-0.25, -0.2) is 4.79 Å². The Bertz CT molecular complexity index is 1520. The highest BCUT2D eigenvalue weighted by atomic mass is 16.2. The van der Waals surface area contributed by atoms with Gasteiger partial charge in [0.1, 0.15) is 0 Å². The highest BCUT2D eigenvalue weighted by Crippen LogP contribution is 2.17. The molecule has 0 aliphatic carbocycles. The number of nitrogens with one attached hydrogen (secondary N) is 2. The number of hydrogen-bond acceptors (Lipinski definition) is 4. The van der Waals surface area contributed by atoms with E-state index in [9.17, 15) is 14.4 Å². The average Bonchev–Trinajstić information content (AvgIpc) is 2.97. The molecule has 7 nitrogen and oxygen atoms in total. The molecular weight excluding hydrogens is 512 g/mol. The van der Waals surface area contributed by atoms with Gasteiger partial charge in [0.05, 0.1) is 16.5 Å². The van der Waals surface area contributed by atoms with Gasteiger partial charge in [0.2, 0.25) is 0 Å². The van der Waals surface area contributed by atoms with Gasteiger partial charge in [-0.05, 0) is 56.5 Å². The maximum Gasteiger partial charge on any atom is 0.331 e. The molecule has 1 heterocycles. The van der Waals surface area contributed by atoms with Gasteiger partial charge in [0.25, 0.3) is 11.5 Å². The Morgan fingerprint density at radius 1 is 0.780 bits per heavy atom. The van der Waals surface area contributed by atoms with E-state index in [1.165, 1.54) is 11.0 Å². The minimum absolute atomic E-state index is 0.0584. The third-order valence-corrected chi connectivity index (χ3v) is 6.26. The number of nitrogens with zero attached hydrogens (tertiary/aromatic N) is 2. The number of hydrogen-bond donors (Lipinski definition) is 2. The summed E-state index contributed by atoms with van der Waals surface area (Å²) >= 11 is 0. The van der Waals surface area contributed by atoms with Crippen molar-refractivity contribution in [1.82, 2.24) is 14.5 Å². The van der Waals surface area contributed by atoms with Gasteiger partial charge in [-0.1, -0.05) is 87.7 Å². The van der Waals surface area contributed by atoms with Gasteiger partial charge in [-0.3, -0.25) is 18.7 Å². The van der Waals surface area contributed by atoms with E-state index < -0.39 is 0 Å². The maximum absolute atomic E-state index is 12.4. The van der Waals surface area contributed by atoms with E-state index in [0.29, 0.717) is 30.6 Å². The van der Waals surface area contributed by atoms with E-state index in [0.717, 1.165) is 40.7 Å². The predicted octanol–water partition coefficient (Wildman–Crippen LogP) is 6.67. The van der Waals surface area contributed by atoms with Gasteiger partial charge in [-0.15, -0.1) is 0 Å². The molecule has 7 heteroatoms. The molecular formula is C34H46N4O3. The molecule has 0 saturated heterocycles. The second-order valence-corrected chi connectivity index (χ2v) is 10.1. The summed E-state index contributed by atoms with van der Waals surface area (Å²) < 4.78 is 3.07. The van der Waals surface area contributed by atoms with Crippen LogP contribution in [0.2, 0.25) is 0 Å². The zero-order valence-electron chi connectivity index (χ0n) is 25.7. The molecule has 0 spiro atoms. The molecule has 0 aliphatic heterocycles. The number of anilines is 1. The average molecular weight is 559 g/mol. The Kier molecular flexibility index (Phi) is 13.6. The number of carbonyl (C=O) groups excluding carboxylic acids is 1. The first kappa shape index (κ1) is 33.1. The zero-order chi connectivity index (χ0) is 30.4. The molecule has 220 valence electrons. The monoisotopic (exact) mass is 558 g/mol. The quantitative estimate of drug-likeness (QED) is 0.253. The third-order valence-electron chi connectivity index (χ3n) is 6.26. The van der Waals surface area contributed by atoms with Crippen LogP contribution in [0.5, 0.6) is 0 Å². The normalized spacial score (nSPS) is 10.2. The van der Waals surface area contributed by atoms with Crippen LogP contribution in [0.3, 0.4) is 0 Å². The fourth-order valence-electron chi connectivity index (χ4n) is 4.34. The van der Waals surface area contributed by atoms with Crippen molar-refractivity contribution in [1.29, 1.82) is 0 Å². The minimum atomic E-state index is -0.190. The Balaban J connectivity index is 0.000000262. The van der Waals surface area contributed by atoms with Crippen LogP contribution < -0.4 is 21.9 Å². The molecule has 3 aromatic carbocycles. The first-order chi connectivity index (χ1) is 19.7. The summed E-state index contributed by atoms with van der Waals surface area (Å²) in [6.07, 6.45) is 2.89. The lowest BCUT2D eigenvalue weighted by Gasteiger charge is -2.13. The number of aryl methyl sites for hydroxylation is 3. The van der Waals surface area contributed by atoms with Crippen LogP contribution in [-0.2, 0) is 19.6 Å². The van der Waals surface area contributed by atoms with E-state index in [1.54, 1.807) is 4.57 Å². The zero-order valence-corrected chi connectivity index (χ0v) is 25.7. The number of fused-ring (bicyclic) bond motifs is 1. The summed E-state index contributed by atoms with van der Waals surface area (Å²) in [5, 5.41) is 6.62. The summed E-state index contributed by atoms with van der Waals surface area (Å²) in [6, 6.07) is 21.4. The van der Waals surface area contributed by atoms with Crippen LogP contribution in [0.25, 0.3) is 10.9 Å². The van der Waals surface area contributed by atoms with E-state index in [-0.39, 0.29) is 17.2 Å². The molecule has 2 N–H and O–H groups in total. The molecule has 0 unspecified atom stereocenters. The Hall–Kier alpha value is -4.13. The third kappa shape index (κ3) is 9.20. The van der Waals surface area contributed by atoms with Crippen molar-refractivity contribution < 1.29 is 4.79 Å². The molecule has 0 atom stereocenters. The van der Waals surface area contributed by atoms with Gasteiger partial charge in [0, 0.05) is 32.4 Å². The minimum Gasteiger partial charge on any atom is -0.387 e. The number of amides is 1. The molecule has 1 aromatic heterocycles. The Morgan fingerprint density at radius 3 is 1.98 bits per heavy atom. The Morgan fingerprint density at radius 2 is 1.37 bits per heavy atom. The predicted molar refractivity (Wildman–Crippen MR) is 172 cm³/mol. The molecule has 1 amide bonds. The van der Waals surface area contributed by atoms with Gasteiger partial charge >= 0.3 is 5.69 Å². The second kappa shape index (κ2) is 16.9. The van der Waals surface area contributed by atoms with E-state index in [2.05, 4.69) is 24.5 Å². The van der Waals surface area contributed by atoms with Gasteiger partial charge in [0.15, 0.2) is 0 Å². The highest BCUT2D eigenvalue weighted by Gasteiger charge is 2.12. The largest absolute Gasteiger partial charge is 0.387 e. The molecule has 0 radical (unpaired) electrons. The standard InChI is InChI=1S/C16H18N2O.C15H20N2O2.C3H8/c1-12-8-9-15(17-2)14(10-12)16(19)18-11-13-6-4-3-5-7-13;1-4-8-16-13-7-6-11(3)10-12(13)14(18)17(9-5-2)15(16)19;1-3-2/h3-10,17H,11H2,1-2H3,(H,18,19);6-7,10H,4-5,8-9H2,1-3H3;3H2,1-2H3. The molecule has 0 saturated carbocycles. The molecule has 4 rings (SSSR count). The fourth-order valence-corrected chi connectivity index (χ4v) is 4.34. The van der Waals surface area contributed by atoms with Crippen LogP contribution in [0.15, 0.2) is 76.3 Å².